The fourth-order valence-electron chi connectivity index (χ4n) is 2.31. The van der Waals surface area contributed by atoms with E-state index in [0.29, 0.717) is 39.5 Å². The molecule has 9 heteroatoms. The van der Waals surface area contributed by atoms with E-state index in [0.717, 1.165) is 11.1 Å². The standard InChI is InChI=1S/C16H15Cl2N5OS/c1-2-24-14-12(17)7-10(8-13(14)18)9-20-23-15(21-22-16(23)25)11-3-5-19-6-4-11/h3-8,20H,2,9H2,1H3,(H,22,25). The average molecular weight is 396 g/mol. The van der Waals surface area contributed by atoms with Gasteiger partial charge >= 0.3 is 0 Å². The van der Waals surface area contributed by atoms with Crippen molar-refractivity contribution in [3.8, 4) is 17.1 Å². The van der Waals surface area contributed by atoms with Crippen LogP contribution in [-0.2, 0) is 6.54 Å². The van der Waals surface area contributed by atoms with Gasteiger partial charge in [0.05, 0.1) is 23.2 Å². The van der Waals surface area contributed by atoms with E-state index >= 15 is 0 Å². The minimum Gasteiger partial charge on any atom is -0.491 e. The lowest BCUT2D eigenvalue weighted by Crippen LogP contribution is -2.16. The van der Waals surface area contributed by atoms with Crippen LogP contribution in [0, 0.1) is 4.77 Å². The van der Waals surface area contributed by atoms with Gasteiger partial charge in [-0.15, -0.1) is 0 Å². The molecule has 2 heterocycles. The van der Waals surface area contributed by atoms with Crippen LogP contribution in [0.3, 0.4) is 0 Å². The maximum atomic E-state index is 6.24. The van der Waals surface area contributed by atoms with E-state index in [2.05, 4.69) is 20.6 Å². The highest BCUT2D eigenvalue weighted by atomic mass is 35.5. The molecule has 0 aliphatic heterocycles. The number of aromatic amines is 1. The Morgan fingerprint density at radius 1 is 1.24 bits per heavy atom. The Morgan fingerprint density at radius 3 is 2.56 bits per heavy atom. The summed E-state index contributed by atoms with van der Waals surface area (Å²) in [5, 5.41) is 7.97. The second kappa shape index (κ2) is 7.86. The molecule has 130 valence electrons. The molecule has 0 amide bonds. The summed E-state index contributed by atoms with van der Waals surface area (Å²) in [5.41, 5.74) is 5.00. The molecule has 0 spiro atoms. The number of pyridine rings is 1. The van der Waals surface area contributed by atoms with Crippen LogP contribution in [0.1, 0.15) is 12.5 Å². The highest BCUT2D eigenvalue weighted by molar-refractivity contribution is 7.71. The number of hydrogen-bond donors (Lipinski definition) is 2. The molecule has 0 bridgehead atoms. The van der Waals surface area contributed by atoms with Gasteiger partial charge in [-0.05, 0) is 49.0 Å². The molecule has 3 rings (SSSR count). The Labute approximate surface area is 159 Å². The molecule has 6 nitrogen and oxygen atoms in total. The van der Waals surface area contributed by atoms with Crippen molar-refractivity contribution < 1.29 is 4.74 Å². The quantitative estimate of drug-likeness (QED) is 0.603. The van der Waals surface area contributed by atoms with Crippen molar-refractivity contribution in [3.63, 3.8) is 0 Å². The Bertz CT molecular complexity index is 903. The van der Waals surface area contributed by atoms with Crippen LogP contribution in [0.2, 0.25) is 10.0 Å². The van der Waals surface area contributed by atoms with Gasteiger partial charge in [-0.3, -0.25) is 4.98 Å². The van der Waals surface area contributed by atoms with Crippen molar-refractivity contribution in [1.29, 1.82) is 0 Å². The molecular formula is C16H15Cl2N5OS. The van der Waals surface area contributed by atoms with Gasteiger partial charge in [-0.2, -0.15) is 5.10 Å². The van der Waals surface area contributed by atoms with Crippen molar-refractivity contribution in [2.75, 3.05) is 12.0 Å². The van der Waals surface area contributed by atoms with Crippen molar-refractivity contribution in [2.45, 2.75) is 13.5 Å². The molecular weight excluding hydrogens is 381 g/mol. The number of aromatic nitrogens is 4. The number of ether oxygens (including phenoxy) is 1. The van der Waals surface area contributed by atoms with Crippen LogP contribution in [-0.4, -0.2) is 26.5 Å². The molecule has 0 aliphatic carbocycles. The van der Waals surface area contributed by atoms with E-state index in [1.165, 1.54) is 0 Å². The molecule has 3 aromatic rings. The summed E-state index contributed by atoms with van der Waals surface area (Å²) in [5.74, 6) is 1.16. The Kier molecular flexibility index (Phi) is 5.57. The van der Waals surface area contributed by atoms with Gasteiger partial charge in [-0.25, -0.2) is 9.77 Å². The average Bonchev–Trinajstić information content (AvgIpc) is 2.98. The number of H-pyrrole nitrogens is 1. The normalized spacial score (nSPS) is 10.7. The first-order valence-electron chi connectivity index (χ1n) is 7.52. The summed E-state index contributed by atoms with van der Waals surface area (Å²) >= 11 is 17.8. The van der Waals surface area contributed by atoms with Crippen molar-refractivity contribution >= 4 is 35.4 Å². The predicted molar refractivity (Wildman–Crippen MR) is 101 cm³/mol. The maximum Gasteiger partial charge on any atom is 0.214 e. The summed E-state index contributed by atoms with van der Waals surface area (Å²) in [6, 6.07) is 7.32. The monoisotopic (exact) mass is 395 g/mol. The molecule has 2 N–H and O–H groups in total. The van der Waals surface area contributed by atoms with E-state index in [1.54, 1.807) is 29.2 Å². The van der Waals surface area contributed by atoms with E-state index < -0.39 is 0 Å². The third kappa shape index (κ3) is 3.95. The van der Waals surface area contributed by atoms with Gasteiger partial charge in [0.25, 0.3) is 0 Å². The molecule has 0 aliphatic rings. The Balaban J connectivity index is 1.83. The van der Waals surface area contributed by atoms with Gasteiger partial charge in [0.1, 0.15) is 0 Å². The van der Waals surface area contributed by atoms with Crippen LogP contribution in [0.4, 0.5) is 0 Å². The molecule has 0 atom stereocenters. The van der Waals surface area contributed by atoms with Crippen LogP contribution >= 0.6 is 35.4 Å². The third-order valence-corrected chi connectivity index (χ3v) is 4.23. The smallest absolute Gasteiger partial charge is 0.214 e. The number of halogens is 2. The fraction of sp³-hybridized carbons (Fsp3) is 0.188. The number of hydrogen-bond acceptors (Lipinski definition) is 5. The fourth-order valence-corrected chi connectivity index (χ4v) is 3.14. The van der Waals surface area contributed by atoms with Gasteiger partial charge in [-0.1, -0.05) is 23.2 Å². The Morgan fingerprint density at radius 2 is 1.92 bits per heavy atom. The molecule has 25 heavy (non-hydrogen) atoms. The highest BCUT2D eigenvalue weighted by Crippen LogP contribution is 2.34. The van der Waals surface area contributed by atoms with Crippen molar-refractivity contribution in [2.24, 2.45) is 0 Å². The van der Waals surface area contributed by atoms with Gasteiger partial charge in [0.2, 0.25) is 4.77 Å². The first kappa shape index (κ1) is 17.7. The van der Waals surface area contributed by atoms with Crippen LogP contribution in [0.15, 0.2) is 36.7 Å². The third-order valence-electron chi connectivity index (χ3n) is 3.40. The predicted octanol–water partition coefficient (Wildman–Crippen LogP) is 4.45. The maximum absolute atomic E-state index is 6.24. The van der Waals surface area contributed by atoms with Gasteiger partial charge in [0, 0.05) is 18.0 Å². The molecule has 0 saturated carbocycles. The number of nitrogens with zero attached hydrogens (tertiary/aromatic N) is 3. The van der Waals surface area contributed by atoms with E-state index in [9.17, 15) is 0 Å². The summed E-state index contributed by atoms with van der Waals surface area (Å²) in [6.07, 6.45) is 3.40. The lowest BCUT2D eigenvalue weighted by molar-refractivity contribution is 0.340. The summed E-state index contributed by atoms with van der Waals surface area (Å²) in [4.78, 5) is 4.01. The van der Waals surface area contributed by atoms with E-state index in [-0.39, 0.29) is 0 Å². The lowest BCUT2D eigenvalue weighted by atomic mass is 10.2. The Hall–Kier alpha value is -2.09. The zero-order valence-electron chi connectivity index (χ0n) is 13.3. The summed E-state index contributed by atoms with van der Waals surface area (Å²) < 4.78 is 7.59. The molecule has 0 unspecified atom stereocenters. The minimum atomic E-state index is 0.454. The molecule has 1 aromatic carbocycles. The number of benzene rings is 1. The second-order valence-electron chi connectivity index (χ2n) is 5.08. The van der Waals surface area contributed by atoms with E-state index in [1.807, 2.05) is 19.1 Å². The highest BCUT2D eigenvalue weighted by Gasteiger charge is 2.11. The van der Waals surface area contributed by atoms with Crippen LogP contribution < -0.4 is 10.2 Å². The first-order valence-corrected chi connectivity index (χ1v) is 8.69. The largest absolute Gasteiger partial charge is 0.491 e. The van der Waals surface area contributed by atoms with Crippen molar-refractivity contribution in [1.82, 2.24) is 19.9 Å². The minimum absolute atomic E-state index is 0.454. The number of nitrogens with one attached hydrogen (secondary N) is 2. The summed E-state index contributed by atoms with van der Waals surface area (Å²) in [6.45, 7) is 2.83. The van der Waals surface area contributed by atoms with E-state index in [4.69, 9.17) is 40.2 Å². The zero-order valence-corrected chi connectivity index (χ0v) is 15.6. The molecule has 0 radical (unpaired) electrons. The first-order chi connectivity index (χ1) is 12.1. The van der Waals surface area contributed by atoms with Crippen molar-refractivity contribution in [3.05, 3.63) is 57.0 Å². The summed E-state index contributed by atoms with van der Waals surface area (Å²) in [7, 11) is 0. The van der Waals surface area contributed by atoms with Crippen LogP contribution in [0.25, 0.3) is 11.4 Å². The molecule has 0 fully saturated rings. The van der Waals surface area contributed by atoms with Crippen LogP contribution in [0.5, 0.6) is 5.75 Å². The molecule has 0 saturated heterocycles. The van der Waals surface area contributed by atoms with Gasteiger partial charge < -0.3 is 10.2 Å². The second-order valence-corrected chi connectivity index (χ2v) is 6.28. The zero-order chi connectivity index (χ0) is 17.8. The van der Waals surface area contributed by atoms with Gasteiger partial charge in [0.15, 0.2) is 11.6 Å². The number of rotatable bonds is 6. The topological polar surface area (TPSA) is 67.8 Å². The SMILES string of the molecule is CCOc1c(Cl)cc(CNn2c(-c3ccncc3)n[nH]c2=S)cc1Cl. The molecule has 2 aromatic heterocycles. The lowest BCUT2D eigenvalue weighted by Gasteiger charge is -2.13.